The van der Waals surface area contributed by atoms with E-state index in [9.17, 15) is 9.59 Å². The number of hydrazine groups is 1. The average Bonchev–Trinajstić information content (AvgIpc) is 3.06. The number of rotatable bonds is 2. The minimum Gasteiger partial charge on any atom is -0.267 e. The molecule has 0 fully saturated rings. The summed E-state index contributed by atoms with van der Waals surface area (Å²) in [5, 5.41) is 0. The van der Waals surface area contributed by atoms with Crippen molar-refractivity contribution in [2.45, 2.75) is 19.3 Å². The summed E-state index contributed by atoms with van der Waals surface area (Å²) in [6.07, 6.45) is 3.26. The van der Waals surface area contributed by atoms with Crippen molar-refractivity contribution < 1.29 is 9.59 Å². The first-order valence-electron chi connectivity index (χ1n) is 6.62. The topological polar surface area (TPSA) is 58.2 Å². The first-order chi connectivity index (χ1) is 10.1. The van der Waals surface area contributed by atoms with Crippen molar-refractivity contribution in [1.82, 2.24) is 10.9 Å². The van der Waals surface area contributed by atoms with E-state index in [0.29, 0.717) is 14.9 Å². The van der Waals surface area contributed by atoms with Gasteiger partial charge < -0.3 is 0 Å². The monoisotopic (exact) mass is 364 g/mol. The van der Waals surface area contributed by atoms with Gasteiger partial charge in [0, 0.05) is 9.35 Å². The molecule has 1 aromatic carbocycles. The molecular formula is C15H13BrN2O2S. The fraction of sp³-hybridized carbons (Fsp3) is 0.200. The van der Waals surface area contributed by atoms with Gasteiger partial charge in [-0.1, -0.05) is 12.1 Å². The van der Waals surface area contributed by atoms with Crippen LogP contribution in [0.2, 0.25) is 0 Å². The molecule has 0 saturated carbocycles. The van der Waals surface area contributed by atoms with Crippen LogP contribution in [0.1, 0.15) is 36.9 Å². The van der Waals surface area contributed by atoms with Crippen LogP contribution in [0.15, 0.2) is 34.8 Å². The van der Waals surface area contributed by atoms with Crippen LogP contribution >= 0.6 is 27.3 Å². The lowest BCUT2D eigenvalue weighted by Crippen LogP contribution is -2.41. The van der Waals surface area contributed by atoms with Crippen LogP contribution in [-0.2, 0) is 12.8 Å². The van der Waals surface area contributed by atoms with Crippen LogP contribution in [0.5, 0.6) is 0 Å². The number of aryl methyl sites for hydroxylation is 2. The fourth-order valence-electron chi connectivity index (χ4n) is 2.33. The van der Waals surface area contributed by atoms with E-state index in [1.54, 1.807) is 18.2 Å². The molecule has 6 heteroatoms. The van der Waals surface area contributed by atoms with Crippen LogP contribution in [-0.4, -0.2) is 11.8 Å². The van der Waals surface area contributed by atoms with Gasteiger partial charge in [-0.15, -0.1) is 11.3 Å². The lowest BCUT2D eigenvalue weighted by molar-refractivity contribution is 0.0848. The van der Waals surface area contributed by atoms with Crippen molar-refractivity contribution in [2.24, 2.45) is 0 Å². The van der Waals surface area contributed by atoms with E-state index in [0.717, 1.165) is 12.8 Å². The number of carbonyl (C=O) groups excluding carboxylic acids is 2. The fourth-order valence-corrected chi connectivity index (χ4v) is 3.94. The molecule has 1 aromatic heterocycles. The van der Waals surface area contributed by atoms with Gasteiger partial charge in [0.15, 0.2) is 0 Å². The smallest absolute Gasteiger partial charge is 0.267 e. The Morgan fingerprint density at radius 2 is 1.86 bits per heavy atom. The van der Waals surface area contributed by atoms with Crippen molar-refractivity contribution in [3.05, 3.63) is 55.7 Å². The van der Waals surface area contributed by atoms with Crippen LogP contribution in [0.25, 0.3) is 0 Å². The second-order valence-corrected chi connectivity index (χ2v) is 6.79. The summed E-state index contributed by atoms with van der Waals surface area (Å²) in [5.41, 5.74) is 6.65. The minimum atomic E-state index is -0.347. The van der Waals surface area contributed by atoms with E-state index in [1.807, 2.05) is 12.1 Å². The summed E-state index contributed by atoms with van der Waals surface area (Å²) >= 11 is 4.82. The lowest BCUT2D eigenvalue weighted by atomic mass is 10.2. The quantitative estimate of drug-likeness (QED) is 0.804. The van der Waals surface area contributed by atoms with Crippen LogP contribution < -0.4 is 10.9 Å². The Hall–Kier alpha value is -1.66. The second kappa shape index (κ2) is 5.99. The highest BCUT2D eigenvalue weighted by Gasteiger charge is 2.19. The Labute approximate surface area is 134 Å². The third-order valence-electron chi connectivity index (χ3n) is 3.38. The molecule has 0 bridgehead atoms. The van der Waals surface area contributed by atoms with Gasteiger partial charge in [-0.05, 0) is 59.0 Å². The van der Waals surface area contributed by atoms with E-state index >= 15 is 0 Å². The molecule has 2 N–H and O–H groups in total. The second-order valence-electron chi connectivity index (χ2n) is 4.80. The van der Waals surface area contributed by atoms with Crippen LogP contribution in [0.4, 0.5) is 0 Å². The summed E-state index contributed by atoms with van der Waals surface area (Å²) < 4.78 is 0.687. The molecular weight excluding hydrogens is 352 g/mol. The highest BCUT2D eigenvalue weighted by Crippen LogP contribution is 2.30. The molecule has 1 heterocycles. The number of hydrogen-bond acceptors (Lipinski definition) is 3. The molecule has 0 radical (unpaired) electrons. The lowest BCUT2D eigenvalue weighted by Gasteiger charge is -2.07. The predicted octanol–water partition coefficient (Wildman–Crippen LogP) is 3.07. The van der Waals surface area contributed by atoms with Crippen molar-refractivity contribution in [3.63, 3.8) is 0 Å². The maximum Gasteiger partial charge on any atom is 0.279 e. The Morgan fingerprint density at radius 3 is 2.62 bits per heavy atom. The van der Waals surface area contributed by atoms with Gasteiger partial charge in [0.1, 0.15) is 0 Å². The molecule has 108 valence electrons. The average molecular weight is 365 g/mol. The Kier molecular flexibility index (Phi) is 4.07. The highest BCUT2D eigenvalue weighted by atomic mass is 79.9. The van der Waals surface area contributed by atoms with E-state index < -0.39 is 0 Å². The van der Waals surface area contributed by atoms with Gasteiger partial charge in [-0.2, -0.15) is 0 Å². The summed E-state index contributed by atoms with van der Waals surface area (Å²) in [7, 11) is 0. The minimum absolute atomic E-state index is 0.269. The van der Waals surface area contributed by atoms with Gasteiger partial charge in [-0.3, -0.25) is 20.4 Å². The van der Waals surface area contributed by atoms with E-state index in [1.165, 1.54) is 28.2 Å². The Bertz CT molecular complexity index is 690. The summed E-state index contributed by atoms with van der Waals surface area (Å²) in [5.74, 6) is -0.616. The molecule has 2 amide bonds. The summed E-state index contributed by atoms with van der Waals surface area (Å²) in [6.45, 7) is 0. The van der Waals surface area contributed by atoms with Gasteiger partial charge >= 0.3 is 0 Å². The zero-order valence-electron chi connectivity index (χ0n) is 11.1. The normalized spacial score (nSPS) is 12.8. The number of hydrogen-bond donors (Lipinski definition) is 2. The number of carbonyl (C=O) groups is 2. The maximum atomic E-state index is 12.0. The molecule has 3 rings (SSSR count). The van der Waals surface area contributed by atoms with Crippen molar-refractivity contribution >= 4 is 39.1 Å². The van der Waals surface area contributed by atoms with Crippen LogP contribution in [0.3, 0.4) is 0 Å². The number of amides is 2. The molecule has 4 nitrogen and oxygen atoms in total. The van der Waals surface area contributed by atoms with Gasteiger partial charge in [0.05, 0.1) is 10.4 Å². The maximum absolute atomic E-state index is 12.0. The van der Waals surface area contributed by atoms with Crippen LogP contribution in [0, 0.1) is 0 Å². The molecule has 2 aromatic rings. The van der Waals surface area contributed by atoms with E-state index in [4.69, 9.17) is 0 Å². The number of benzene rings is 1. The van der Waals surface area contributed by atoms with Crippen molar-refractivity contribution in [3.8, 4) is 0 Å². The predicted molar refractivity (Wildman–Crippen MR) is 85.4 cm³/mol. The van der Waals surface area contributed by atoms with Gasteiger partial charge in [-0.25, -0.2) is 0 Å². The van der Waals surface area contributed by atoms with Crippen molar-refractivity contribution in [1.29, 1.82) is 0 Å². The van der Waals surface area contributed by atoms with Crippen molar-refractivity contribution in [2.75, 3.05) is 0 Å². The number of fused-ring (bicyclic) bond motifs is 1. The standard InChI is InChI=1S/C15H13BrN2O2S/c16-11-6-2-1-5-10(11)14(19)17-18-15(20)13-8-9-4-3-7-12(9)21-13/h1-2,5-6,8H,3-4,7H2,(H,17,19)(H,18,20). The SMILES string of the molecule is O=C(NNC(=O)c1ccccc1Br)c1cc2c(s1)CCC2. The number of halogens is 1. The van der Waals surface area contributed by atoms with E-state index in [-0.39, 0.29) is 11.8 Å². The highest BCUT2D eigenvalue weighted by molar-refractivity contribution is 9.10. The molecule has 0 saturated heterocycles. The molecule has 0 aliphatic heterocycles. The summed E-state index contributed by atoms with van der Waals surface area (Å²) in [6, 6.07) is 8.98. The Morgan fingerprint density at radius 1 is 1.10 bits per heavy atom. The zero-order valence-corrected chi connectivity index (χ0v) is 13.5. The molecule has 1 aliphatic rings. The molecule has 0 atom stereocenters. The largest absolute Gasteiger partial charge is 0.279 e. The molecule has 21 heavy (non-hydrogen) atoms. The first kappa shape index (κ1) is 14.3. The summed E-state index contributed by atoms with van der Waals surface area (Å²) in [4.78, 5) is 26.0. The van der Waals surface area contributed by atoms with Gasteiger partial charge in [0.2, 0.25) is 0 Å². The zero-order chi connectivity index (χ0) is 14.8. The molecule has 1 aliphatic carbocycles. The van der Waals surface area contributed by atoms with Gasteiger partial charge in [0.25, 0.3) is 11.8 Å². The molecule has 0 unspecified atom stereocenters. The van der Waals surface area contributed by atoms with E-state index in [2.05, 4.69) is 26.8 Å². The number of nitrogens with one attached hydrogen (secondary N) is 2. The Balaban J connectivity index is 1.63. The first-order valence-corrected chi connectivity index (χ1v) is 8.23. The third kappa shape index (κ3) is 3.01. The third-order valence-corrected chi connectivity index (χ3v) is 5.31. The number of thiophene rings is 1. The molecule has 0 spiro atoms.